The number of hydrogen-bond donors (Lipinski definition) is 0. The number of rotatable bonds is 7. The molecule has 0 saturated heterocycles. The van der Waals surface area contributed by atoms with Crippen LogP contribution in [0.25, 0.3) is 110 Å². The van der Waals surface area contributed by atoms with Crippen LogP contribution in [0.4, 0.5) is 0 Å². The maximum absolute atomic E-state index is 5.40. The summed E-state index contributed by atoms with van der Waals surface area (Å²) in [4.78, 5) is 10.8. The lowest BCUT2D eigenvalue weighted by Crippen LogP contribution is -2.14. The Labute approximate surface area is 377 Å². The van der Waals surface area contributed by atoms with Gasteiger partial charge in [-0.1, -0.05) is 196 Å². The Hall–Kier alpha value is -7.72. The lowest BCUT2D eigenvalue weighted by molar-refractivity contribution is 0.660. The van der Waals surface area contributed by atoms with Gasteiger partial charge in [-0.3, -0.25) is 0 Å². The molecule has 1 aliphatic carbocycles. The molecular formula is C61H42N2S. The van der Waals surface area contributed by atoms with Gasteiger partial charge < -0.3 is 0 Å². The summed E-state index contributed by atoms with van der Waals surface area (Å²) in [6.45, 7) is 4.69. The van der Waals surface area contributed by atoms with E-state index in [2.05, 4.69) is 226 Å². The minimum Gasteiger partial charge on any atom is -0.228 e. The van der Waals surface area contributed by atoms with Crippen LogP contribution in [0.3, 0.4) is 0 Å². The lowest BCUT2D eigenvalue weighted by Gasteiger charge is -2.22. The van der Waals surface area contributed by atoms with E-state index in [1.54, 1.807) is 0 Å². The first-order valence-corrected chi connectivity index (χ1v) is 22.8. The summed E-state index contributed by atoms with van der Waals surface area (Å²) in [6.07, 6.45) is 0. The molecule has 0 radical (unpaired) electrons. The number of aromatic nitrogens is 2. The van der Waals surface area contributed by atoms with Crippen molar-refractivity contribution in [3.8, 4) is 89.5 Å². The van der Waals surface area contributed by atoms with E-state index in [4.69, 9.17) is 9.97 Å². The van der Waals surface area contributed by atoms with Crippen LogP contribution >= 0.6 is 11.3 Å². The van der Waals surface area contributed by atoms with Crippen LogP contribution < -0.4 is 0 Å². The third kappa shape index (κ3) is 6.47. The second-order valence-electron chi connectivity index (χ2n) is 17.3. The summed E-state index contributed by atoms with van der Waals surface area (Å²) < 4.78 is 2.58. The van der Waals surface area contributed by atoms with Crippen molar-refractivity contribution in [2.75, 3.05) is 0 Å². The molecule has 0 unspecified atom stereocenters. The molecule has 0 spiro atoms. The van der Waals surface area contributed by atoms with E-state index in [1.165, 1.54) is 64.7 Å². The molecule has 0 bridgehead atoms. The number of fused-ring (bicyclic) bond motifs is 6. The molecule has 302 valence electrons. The van der Waals surface area contributed by atoms with Crippen LogP contribution in [0, 0.1) is 0 Å². The molecule has 0 N–H and O–H groups in total. The Morgan fingerprint density at radius 3 is 1.67 bits per heavy atom. The molecule has 11 aromatic rings. The van der Waals surface area contributed by atoms with Crippen molar-refractivity contribution in [3.63, 3.8) is 0 Å². The van der Waals surface area contributed by atoms with Crippen molar-refractivity contribution in [3.05, 3.63) is 230 Å². The predicted octanol–water partition coefficient (Wildman–Crippen LogP) is 16.8. The molecule has 2 aromatic heterocycles. The minimum absolute atomic E-state index is 0.107. The molecule has 64 heavy (non-hydrogen) atoms. The first-order chi connectivity index (χ1) is 31.5. The number of nitrogens with zero attached hydrogens (tertiary/aromatic N) is 2. The summed E-state index contributed by atoms with van der Waals surface area (Å²) in [5, 5.41) is 2.57. The van der Waals surface area contributed by atoms with Gasteiger partial charge in [-0.05, 0) is 103 Å². The standard InChI is InChI=1S/C61H42N2S/c1-61(2)54-26-13-11-21-49(54)50-33-32-43(37-55(50)61)47-20-9-10-22-51(47)57-38-56(62-60(63-57)42-18-7-4-8-19-42)46-35-44(41-30-28-40(29-31-41)39-16-5-3-6-17-39)34-45(36-46)48-24-15-25-53-52-23-12-14-27-58(52)64-59(48)53/h3-38H,1-2H3. The Kier molecular flexibility index (Phi) is 9.06. The third-order valence-corrected chi connectivity index (χ3v) is 14.3. The Balaban J connectivity index is 1.05. The highest BCUT2D eigenvalue weighted by Gasteiger charge is 2.35. The van der Waals surface area contributed by atoms with Gasteiger partial charge in [0, 0.05) is 42.3 Å². The monoisotopic (exact) mass is 834 g/mol. The predicted molar refractivity (Wildman–Crippen MR) is 271 cm³/mol. The molecular weight excluding hydrogens is 793 g/mol. The highest BCUT2D eigenvalue weighted by molar-refractivity contribution is 7.26. The largest absolute Gasteiger partial charge is 0.228 e. The zero-order chi connectivity index (χ0) is 42.8. The summed E-state index contributed by atoms with van der Waals surface area (Å²) in [6, 6.07) is 79.1. The average molecular weight is 835 g/mol. The molecule has 0 aliphatic heterocycles. The van der Waals surface area contributed by atoms with Crippen molar-refractivity contribution in [1.29, 1.82) is 0 Å². The van der Waals surface area contributed by atoms with Gasteiger partial charge in [0.25, 0.3) is 0 Å². The van der Waals surface area contributed by atoms with E-state index in [-0.39, 0.29) is 5.41 Å². The quantitative estimate of drug-likeness (QED) is 0.160. The fourth-order valence-electron chi connectivity index (χ4n) is 9.84. The summed E-state index contributed by atoms with van der Waals surface area (Å²) in [5.74, 6) is 0.694. The zero-order valence-electron chi connectivity index (χ0n) is 35.6. The highest BCUT2D eigenvalue weighted by atomic mass is 32.1. The Morgan fingerprint density at radius 1 is 0.328 bits per heavy atom. The second-order valence-corrected chi connectivity index (χ2v) is 18.4. The molecule has 1 aliphatic rings. The maximum Gasteiger partial charge on any atom is 0.160 e. The molecule has 0 saturated carbocycles. The van der Waals surface area contributed by atoms with Crippen LogP contribution in [-0.4, -0.2) is 9.97 Å². The third-order valence-electron chi connectivity index (χ3n) is 13.1. The summed E-state index contributed by atoms with van der Waals surface area (Å²) >= 11 is 1.86. The molecule has 12 rings (SSSR count). The Bertz CT molecular complexity index is 3560. The molecule has 0 amide bonds. The first kappa shape index (κ1) is 38.0. The van der Waals surface area contributed by atoms with Crippen molar-refractivity contribution >= 4 is 31.5 Å². The van der Waals surface area contributed by atoms with Crippen LogP contribution in [0.1, 0.15) is 25.0 Å². The van der Waals surface area contributed by atoms with Crippen molar-refractivity contribution in [2.24, 2.45) is 0 Å². The van der Waals surface area contributed by atoms with Crippen LogP contribution in [-0.2, 0) is 5.41 Å². The average Bonchev–Trinajstić information content (AvgIpc) is 3.86. The fourth-order valence-corrected chi connectivity index (χ4v) is 11.1. The fraction of sp³-hybridized carbons (Fsp3) is 0.0492. The molecule has 9 aromatic carbocycles. The van der Waals surface area contributed by atoms with E-state index in [0.717, 1.165) is 50.3 Å². The molecule has 3 heteroatoms. The van der Waals surface area contributed by atoms with E-state index in [0.29, 0.717) is 5.82 Å². The van der Waals surface area contributed by atoms with Crippen molar-refractivity contribution in [1.82, 2.24) is 9.97 Å². The van der Waals surface area contributed by atoms with Gasteiger partial charge in [-0.2, -0.15) is 0 Å². The maximum atomic E-state index is 5.40. The first-order valence-electron chi connectivity index (χ1n) is 22.0. The Morgan fingerprint density at radius 2 is 0.875 bits per heavy atom. The SMILES string of the molecule is CC1(C)c2ccccc2-c2ccc(-c3ccccc3-c3cc(-c4cc(-c5ccc(-c6ccccc6)cc5)cc(-c5cccc6c5sc5ccccc56)c4)nc(-c4ccccc4)n3)cc21. The van der Waals surface area contributed by atoms with Crippen molar-refractivity contribution in [2.45, 2.75) is 19.3 Å². The molecule has 2 heterocycles. The van der Waals surface area contributed by atoms with Gasteiger partial charge in [0.15, 0.2) is 5.82 Å². The number of hydrogen-bond acceptors (Lipinski definition) is 3. The lowest BCUT2D eigenvalue weighted by atomic mass is 9.81. The number of thiophene rings is 1. The zero-order valence-corrected chi connectivity index (χ0v) is 36.4. The van der Waals surface area contributed by atoms with E-state index in [1.807, 2.05) is 17.4 Å². The van der Waals surface area contributed by atoms with Crippen LogP contribution in [0.15, 0.2) is 218 Å². The van der Waals surface area contributed by atoms with E-state index >= 15 is 0 Å². The van der Waals surface area contributed by atoms with Crippen LogP contribution in [0.2, 0.25) is 0 Å². The molecule has 2 nitrogen and oxygen atoms in total. The minimum atomic E-state index is -0.107. The van der Waals surface area contributed by atoms with Gasteiger partial charge in [-0.15, -0.1) is 11.3 Å². The van der Waals surface area contributed by atoms with E-state index < -0.39 is 0 Å². The topological polar surface area (TPSA) is 25.8 Å². The van der Waals surface area contributed by atoms with Gasteiger partial charge in [-0.25, -0.2) is 9.97 Å². The van der Waals surface area contributed by atoms with Gasteiger partial charge in [0.2, 0.25) is 0 Å². The highest BCUT2D eigenvalue weighted by Crippen LogP contribution is 2.50. The second kappa shape index (κ2) is 15.3. The molecule has 0 fully saturated rings. The van der Waals surface area contributed by atoms with Gasteiger partial charge in [0.05, 0.1) is 11.4 Å². The number of benzene rings is 9. The summed E-state index contributed by atoms with van der Waals surface area (Å²) in [5.41, 5.74) is 19.5. The normalized spacial score (nSPS) is 12.7. The smallest absolute Gasteiger partial charge is 0.160 e. The van der Waals surface area contributed by atoms with Gasteiger partial charge >= 0.3 is 0 Å². The van der Waals surface area contributed by atoms with E-state index in [9.17, 15) is 0 Å². The van der Waals surface area contributed by atoms with Gasteiger partial charge in [0.1, 0.15) is 0 Å². The molecule has 0 atom stereocenters. The van der Waals surface area contributed by atoms with Crippen molar-refractivity contribution < 1.29 is 0 Å². The summed E-state index contributed by atoms with van der Waals surface area (Å²) in [7, 11) is 0. The van der Waals surface area contributed by atoms with Crippen LogP contribution in [0.5, 0.6) is 0 Å².